The van der Waals surface area contributed by atoms with Gasteiger partial charge < -0.3 is 0 Å². The van der Waals surface area contributed by atoms with Gasteiger partial charge >= 0.3 is 108 Å². The molecule has 0 amide bonds. The average Bonchev–Trinajstić information content (AvgIpc) is 2.39. The van der Waals surface area contributed by atoms with Crippen LogP contribution >= 0.6 is 0 Å². The number of benzene rings is 1. The Kier molecular flexibility index (Phi) is 4.08. The number of para-hydroxylation sites is 1. The molecule has 2 rings (SSSR count). The first-order chi connectivity index (χ1) is 7.83. The van der Waals surface area contributed by atoms with E-state index in [0.717, 1.165) is 19.5 Å². The monoisotopic (exact) mass is 384 g/mol. The molecule has 0 bridgehead atoms. The molecule has 2 nitrogen and oxygen atoms in total. The topological polar surface area (TPSA) is 24.1 Å². The molecule has 0 unspecified atom stereocenters. The number of hydrogen-bond donors (Lipinski definition) is 2. The van der Waals surface area contributed by atoms with Crippen molar-refractivity contribution in [3.05, 3.63) is 41.5 Å². The van der Waals surface area contributed by atoms with Crippen LogP contribution in [0.4, 0.5) is 5.69 Å². The standard InChI is InChI=1S/C13H16N2.W/c1-14-13-5-3-2-4-12(13)10-11-6-8-15-9-7-11;/h2-6,14-15H,7-9H2,1H3;. The molecule has 16 heavy (non-hydrogen) atoms. The summed E-state index contributed by atoms with van der Waals surface area (Å²) < 4.78 is 1.48. The van der Waals surface area contributed by atoms with E-state index in [9.17, 15) is 0 Å². The Balaban J connectivity index is 2.29. The summed E-state index contributed by atoms with van der Waals surface area (Å²) in [5.74, 6) is 0. The van der Waals surface area contributed by atoms with Gasteiger partial charge in [0.2, 0.25) is 0 Å². The first kappa shape index (κ1) is 11.8. The van der Waals surface area contributed by atoms with E-state index in [-0.39, 0.29) is 0 Å². The predicted octanol–water partition coefficient (Wildman–Crippen LogP) is 1.72. The third-order valence-corrected chi connectivity index (χ3v) is 4.53. The summed E-state index contributed by atoms with van der Waals surface area (Å²) in [5, 5.41) is 6.62. The van der Waals surface area contributed by atoms with Crippen LogP contribution in [0.15, 0.2) is 35.9 Å². The van der Waals surface area contributed by atoms with Crippen molar-refractivity contribution in [3.63, 3.8) is 0 Å². The summed E-state index contributed by atoms with van der Waals surface area (Å²) in [6.45, 7) is 2.11. The molecule has 0 saturated heterocycles. The summed E-state index contributed by atoms with van der Waals surface area (Å²) >= 11 is 1.55. The molecule has 0 radical (unpaired) electrons. The van der Waals surface area contributed by atoms with Crippen molar-refractivity contribution in [2.45, 2.75) is 6.42 Å². The van der Waals surface area contributed by atoms with Crippen molar-refractivity contribution in [3.8, 4) is 0 Å². The molecule has 1 heterocycles. The van der Waals surface area contributed by atoms with Crippen LogP contribution in [0.5, 0.6) is 0 Å². The Morgan fingerprint density at radius 2 is 2.19 bits per heavy atom. The molecule has 0 atom stereocenters. The Morgan fingerprint density at radius 1 is 1.38 bits per heavy atom. The Bertz CT molecular complexity index is 424. The fraction of sp³-hybridized carbons (Fsp3) is 0.308. The molecule has 2 N–H and O–H groups in total. The first-order valence-electron chi connectivity index (χ1n) is 5.54. The quantitative estimate of drug-likeness (QED) is 0.830. The minimum atomic E-state index is 1.01. The number of anilines is 1. The molecule has 84 valence electrons. The summed E-state index contributed by atoms with van der Waals surface area (Å²) in [4.78, 5) is 0. The second kappa shape index (κ2) is 5.56. The Labute approximate surface area is 108 Å². The molecule has 1 aliphatic heterocycles. The van der Waals surface area contributed by atoms with Crippen molar-refractivity contribution in [1.82, 2.24) is 5.32 Å². The van der Waals surface area contributed by atoms with Gasteiger partial charge in [0.25, 0.3) is 0 Å². The fourth-order valence-electron chi connectivity index (χ4n) is 1.90. The van der Waals surface area contributed by atoms with Crippen LogP contribution in [0.25, 0.3) is 0 Å². The molecule has 0 fully saturated rings. The maximum absolute atomic E-state index is 3.35. The first-order valence-corrected chi connectivity index (χ1v) is 7.01. The van der Waals surface area contributed by atoms with Gasteiger partial charge in [-0.1, -0.05) is 0 Å². The molecule has 1 aromatic carbocycles. The van der Waals surface area contributed by atoms with Crippen molar-refractivity contribution in [1.29, 1.82) is 0 Å². The van der Waals surface area contributed by atoms with Gasteiger partial charge in [0.05, 0.1) is 0 Å². The SMILES string of the molecule is CNc1ccccc1[C](=[W])C1=CCNCC1. The van der Waals surface area contributed by atoms with E-state index >= 15 is 0 Å². The van der Waals surface area contributed by atoms with E-state index in [2.05, 4.69) is 41.0 Å². The summed E-state index contributed by atoms with van der Waals surface area (Å²) in [5.41, 5.74) is 4.09. The van der Waals surface area contributed by atoms with Gasteiger partial charge in [-0.15, -0.1) is 0 Å². The van der Waals surface area contributed by atoms with Crippen LogP contribution in [0, 0.1) is 0 Å². The van der Waals surface area contributed by atoms with Gasteiger partial charge in [-0.05, 0) is 0 Å². The molecule has 0 spiro atoms. The van der Waals surface area contributed by atoms with E-state index < -0.39 is 0 Å². The third kappa shape index (κ3) is 2.50. The fourth-order valence-corrected chi connectivity index (χ4v) is 3.21. The molecular formula is C13H16N2W. The average molecular weight is 384 g/mol. The van der Waals surface area contributed by atoms with Gasteiger partial charge in [0, 0.05) is 0 Å². The number of nitrogens with one attached hydrogen (secondary N) is 2. The number of rotatable bonds is 3. The zero-order valence-electron chi connectivity index (χ0n) is 9.42. The van der Waals surface area contributed by atoms with E-state index in [1.165, 1.54) is 20.7 Å². The molecule has 0 aliphatic carbocycles. The summed E-state index contributed by atoms with van der Waals surface area (Å²) in [6, 6.07) is 8.53. The maximum atomic E-state index is 3.35. The van der Waals surface area contributed by atoms with E-state index in [4.69, 9.17) is 0 Å². The zero-order valence-corrected chi connectivity index (χ0v) is 12.3. The second-order valence-corrected chi connectivity index (χ2v) is 5.27. The van der Waals surface area contributed by atoms with Crippen molar-refractivity contribution >= 4 is 9.59 Å². The Morgan fingerprint density at radius 3 is 2.88 bits per heavy atom. The van der Waals surface area contributed by atoms with Gasteiger partial charge in [-0.3, -0.25) is 0 Å². The molecule has 1 aliphatic rings. The molecule has 3 heteroatoms. The van der Waals surface area contributed by atoms with E-state index in [1.807, 2.05) is 7.05 Å². The van der Waals surface area contributed by atoms with Crippen LogP contribution in [0.1, 0.15) is 12.0 Å². The third-order valence-electron chi connectivity index (χ3n) is 2.80. The molecular weight excluding hydrogens is 368 g/mol. The zero-order chi connectivity index (χ0) is 11.4. The Hall–Kier alpha value is -0.722. The second-order valence-electron chi connectivity index (χ2n) is 3.81. The normalized spacial score (nSPS) is 15.4. The van der Waals surface area contributed by atoms with Crippen molar-refractivity contribution in [2.75, 3.05) is 25.5 Å². The van der Waals surface area contributed by atoms with E-state index in [0.29, 0.717) is 0 Å². The van der Waals surface area contributed by atoms with Gasteiger partial charge in [0.15, 0.2) is 0 Å². The van der Waals surface area contributed by atoms with Gasteiger partial charge in [0.1, 0.15) is 0 Å². The van der Waals surface area contributed by atoms with Crippen LogP contribution in [0.3, 0.4) is 0 Å². The molecule has 0 saturated carbocycles. The van der Waals surface area contributed by atoms with Gasteiger partial charge in [-0.25, -0.2) is 0 Å². The van der Waals surface area contributed by atoms with E-state index in [1.54, 1.807) is 19.4 Å². The van der Waals surface area contributed by atoms with Gasteiger partial charge in [-0.2, -0.15) is 0 Å². The van der Waals surface area contributed by atoms with Crippen LogP contribution in [-0.4, -0.2) is 24.0 Å². The predicted molar refractivity (Wildman–Crippen MR) is 65.7 cm³/mol. The van der Waals surface area contributed by atoms with Crippen molar-refractivity contribution in [2.24, 2.45) is 0 Å². The molecule has 1 aromatic rings. The summed E-state index contributed by atoms with van der Waals surface area (Å²) in [7, 11) is 1.98. The molecule has 0 aromatic heterocycles. The van der Waals surface area contributed by atoms with Crippen molar-refractivity contribution < 1.29 is 19.4 Å². The van der Waals surface area contributed by atoms with Crippen LogP contribution in [0.2, 0.25) is 0 Å². The minimum absolute atomic E-state index is 1.01. The van der Waals surface area contributed by atoms with Crippen LogP contribution < -0.4 is 10.6 Å². The van der Waals surface area contributed by atoms with Crippen LogP contribution in [-0.2, 0) is 19.4 Å². The summed E-state index contributed by atoms with van der Waals surface area (Å²) in [6.07, 6.45) is 3.47. The number of hydrogen-bond acceptors (Lipinski definition) is 2.